The van der Waals surface area contributed by atoms with Gasteiger partial charge in [-0.3, -0.25) is 4.79 Å². The van der Waals surface area contributed by atoms with Gasteiger partial charge in [0.15, 0.2) is 0 Å². The maximum absolute atomic E-state index is 11.5. The first-order valence-corrected chi connectivity index (χ1v) is 8.81. The van der Waals surface area contributed by atoms with Crippen LogP contribution in [-0.2, 0) is 9.53 Å². The molecule has 3 nitrogen and oxygen atoms in total. The van der Waals surface area contributed by atoms with Crippen molar-refractivity contribution in [2.24, 2.45) is 0 Å². The molecule has 0 unspecified atom stereocenters. The average Bonchev–Trinajstić information content (AvgIpc) is 2.72. The Morgan fingerprint density at radius 2 is 1.26 bits per heavy atom. The summed E-state index contributed by atoms with van der Waals surface area (Å²) in [5.41, 5.74) is 5.12. The predicted octanol–water partition coefficient (Wildman–Crippen LogP) is 5.22. The number of hydrogen-bond acceptors (Lipinski definition) is 3. The van der Waals surface area contributed by atoms with E-state index in [1.54, 1.807) is 7.11 Å². The van der Waals surface area contributed by atoms with Crippen molar-refractivity contribution in [2.75, 3.05) is 13.7 Å². The van der Waals surface area contributed by atoms with Crippen molar-refractivity contribution in [3.8, 4) is 5.75 Å². The summed E-state index contributed by atoms with van der Waals surface area (Å²) in [6.45, 7) is 1.62. The van der Waals surface area contributed by atoms with Gasteiger partial charge >= 0.3 is 5.97 Å². The Bertz CT molecular complexity index is 869. The second-order valence-corrected chi connectivity index (χ2v) is 6.09. The summed E-state index contributed by atoms with van der Waals surface area (Å²) >= 11 is 0. The molecule has 0 amide bonds. The van der Waals surface area contributed by atoms with E-state index in [1.165, 1.54) is 6.92 Å². The van der Waals surface area contributed by atoms with Gasteiger partial charge in [0.2, 0.25) is 0 Å². The third-order valence-corrected chi connectivity index (χ3v) is 4.28. The van der Waals surface area contributed by atoms with Gasteiger partial charge in [0.05, 0.1) is 7.11 Å². The summed E-state index contributed by atoms with van der Waals surface area (Å²) in [5, 5.41) is 0. The number of hydrogen-bond donors (Lipinski definition) is 0. The highest BCUT2D eigenvalue weighted by atomic mass is 16.5. The number of ether oxygens (including phenoxy) is 2. The Balaban J connectivity index is 2.22. The summed E-state index contributed by atoms with van der Waals surface area (Å²) < 4.78 is 10.7. The van der Waals surface area contributed by atoms with Crippen LogP contribution in [-0.4, -0.2) is 19.7 Å². The van der Waals surface area contributed by atoms with Crippen LogP contribution in [0.15, 0.2) is 84.9 Å². The monoisotopic (exact) mass is 358 g/mol. The quantitative estimate of drug-likeness (QED) is 0.448. The van der Waals surface area contributed by atoms with E-state index in [-0.39, 0.29) is 12.6 Å². The summed E-state index contributed by atoms with van der Waals surface area (Å²) in [6, 6.07) is 28.1. The van der Waals surface area contributed by atoms with Crippen LogP contribution < -0.4 is 4.74 Å². The topological polar surface area (TPSA) is 35.5 Å². The van der Waals surface area contributed by atoms with E-state index in [0.717, 1.165) is 33.6 Å². The molecule has 0 saturated carbocycles. The molecule has 0 fully saturated rings. The largest absolute Gasteiger partial charge is 0.497 e. The lowest BCUT2D eigenvalue weighted by molar-refractivity contribution is -0.139. The van der Waals surface area contributed by atoms with E-state index in [1.807, 2.05) is 60.7 Å². The Labute approximate surface area is 159 Å². The van der Waals surface area contributed by atoms with E-state index in [2.05, 4.69) is 24.3 Å². The molecule has 0 bridgehead atoms. The molecule has 0 saturated heterocycles. The van der Waals surface area contributed by atoms with Crippen LogP contribution in [0.3, 0.4) is 0 Å². The zero-order chi connectivity index (χ0) is 19.1. The lowest BCUT2D eigenvalue weighted by atomic mass is 9.90. The van der Waals surface area contributed by atoms with Gasteiger partial charge in [0.25, 0.3) is 0 Å². The standard InChI is InChI=1S/C24H22O3/c1-18(25)27-17-23(19-13-15-22(26-2)16-14-19)24(20-9-5-3-6-10-20)21-11-7-4-8-12-21/h3-16H,17H2,1-2H3. The van der Waals surface area contributed by atoms with Gasteiger partial charge in [0.1, 0.15) is 12.4 Å². The third-order valence-electron chi connectivity index (χ3n) is 4.28. The summed E-state index contributed by atoms with van der Waals surface area (Å²) in [7, 11) is 1.64. The summed E-state index contributed by atoms with van der Waals surface area (Å²) in [6.07, 6.45) is 0. The summed E-state index contributed by atoms with van der Waals surface area (Å²) in [5.74, 6) is 0.480. The SMILES string of the molecule is COc1ccc(C(COC(C)=O)=C(c2ccccc2)c2ccccc2)cc1. The molecule has 0 heterocycles. The van der Waals surface area contributed by atoms with Gasteiger partial charge in [-0.15, -0.1) is 0 Å². The first-order valence-electron chi connectivity index (χ1n) is 8.81. The minimum absolute atomic E-state index is 0.195. The van der Waals surface area contributed by atoms with Gasteiger partial charge in [-0.2, -0.15) is 0 Å². The fraction of sp³-hybridized carbons (Fsp3) is 0.125. The highest BCUT2D eigenvalue weighted by Gasteiger charge is 2.15. The van der Waals surface area contributed by atoms with Crippen molar-refractivity contribution in [3.05, 3.63) is 102 Å². The third kappa shape index (κ3) is 4.64. The van der Waals surface area contributed by atoms with Crippen molar-refractivity contribution in [1.29, 1.82) is 0 Å². The minimum Gasteiger partial charge on any atom is -0.497 e. The number of carbonyl (C=O) groups is 1. The Morgan fingerprint density at radius 1 is 0.741 bits per heavy atom. The molecule has 0 aliphatic rings. The zero-order valence-corrected chi connectivity index (χ0v) is 15.5. The maximum Gasteiger partial charge on any atom is 0.302 e. The molecule has 3 rings (SSSR count). The fourth-order valence-electron chi connectivity index (χ4n) is 2.99. The Morgan fingerprint density at radius 3 is 1.70 bits per heavy atom. The molecule has 0 spiro atoms. The normalized spacial score (nSPS) is 10.1. The molecule has 3 aromatic carbocycles. The van der Waals surface area contributed by atoms with Crippen molar-refractivity contribution < 1.29 is 14.3 Å². The lowest BCUT2D eigenvalue weighted by Crippen LogP contribution is -2.06. The van der Waals surface area contributed by atoms with Gasteiger partial charge in [-0.05, 0) is 34.4 Å². The van der Waals surface area contributed by atoms with E-state index in [9.17, 15) is 4.79 Å². The van der Waals surface area contributed by atoms with Crippen LogP contribution in [0.4, 0.5) is 0 Å². The molecule has 0 aliphatic carbocycles. The van der Waals surface area contributed by atoms with Crippen LogP contribution in [0.5, 0.6) is 5.75 Å². The Kier molecular flexibility index (Phi) is 6.06. The molecular formula is C24H22O3. The second kappa shape index (κ2) is 8.86. The molecule has 0 aromatic heterocycles. The van der Waals surface area contributed by atoms with Crippen molar-refractivity contribution in [2.45, 2.75) is 6.92 Å². The Hall–Kier alpha value is -3.33. The first kappa shape index (κ1) is 18.5. The highest BCUT2D eigenvalue weighted by molar-refractivity contribution is 5.99. The van der Waals surface area contributed by atoms with Crippen molar-refractivity contribution in [1.82, 2.24) is 0 Å². The molecule has 0 N–H and O–H groups in total. The fourth-order valence-corrected chi connectivity index (χ4v) is 2.99. The van der Waals surface area contributed by atoms with Crippen LogP contribution in [0.1, 0.15) is 23.6 Å². The number of esters is 1. The molecular weight excluding hydrogens is 336 g/mol. The van der Waals surface area contributed by atoms with E-state index in [4.69, 9.17) is 9.47 Å². The van der Waals surface area contributed by atoms with Gasteiger partial charge in [0, 0.05) is 12.5 Å². The molecule has 136 valence electrons. The van der Waals surface area contributed by atoms with E-state index >= 15 is 0 Å². The van der Waals surface area contributed by atoms with Crippen LogP contribution >= 0.6 is 0 Å². The smallest absolute Gasteiger partial charge is 0.302 e. The van der Waals surface area contributed by atoms with Crippen molar-refractivity contribution >= 4 is 17.1 Å². The second-order valence-electron chi connectivity index (χ2n) is 6.09. The molecule has 0 aliphatic heterocycles. The summed E-state index contributed by atoms with van der Waals surface area (Å²) in [4.78, 5) is 11.5. The molecule has 27 heavy (non-hydrogen) atoms. The number of rotatable bonds is 6. The zero-order valence-electron chi connectivity index (χ0n) is 15.5. The molecule has 3 heteroatoms. The molecule has 0 radical (unpaired) electrons. The van der Waals surface area contributed by atoms with E-state index in [0.29, 0.717) is 0 Å². The van der Waals surface area contributed by atoms with Gasteiger partial charge in [-0.1, -0.05) is 72.8 Å². The number of carbonyl (C=O) groups excluding carboxylic acids is 1. The minimum atomic E-state index is -0.304. The predicted molar refractivity (Wildman–Crippen MR) is 108 cm³/mol. The number of methoxy groups -OCH3 is 1. The molecule has 3 aromatic rings. The van der Waals surface area contributed by atoms with Crippen molar-refractivity contribution in [3.63, 3.8) is 0 Å². The average molecular weight is 358 g/mol. The van der Waals surface area contributed by atoms with E-state index < -0.39 is 0 Å². The highest BCUT2D eigenvalue weighted by Crippen LogP contribution is 2.33. The van der Waals surface area contributed by atoms with Crippen LogP contribution in [0.2, 0.25) is 0 Å². The maximum atomic E-state index is 11.5. The van der Waals surface area contributed by atoms with Crippen LogP contribution in [0.25, 0.3) is 11.1 Å². The van der Waals surface area contributed by atoms with Crippen LogP contribution in [0, 0.1) is 0 Å². The lowest BCUT2D eigenvalue weighted by Gasteiger charge is -2.17. The first-order chi connectivity index (χ1) is 13.2. The van der Waals surface area contributed by atoms with Gasteiger partial charge in [-0.25, -0.2) is 0 Å². The number of benzene rings is 3. The molecule has 0 atom stereocenters. The van der Waals surface area contributed by atoms with Gasteiger partial charge < -0.3 is 9.47 Å².